The lowest BCUT2D eigenvalue weighted by Crippen LogP contribution is -2.06. The average Bonchev–Trinajstić information content (AvgIpc) is 2.15. The van der Waals surface area contributed by atoms with Gasteiger partial charge in [0.2, 0.25) is 0 Å². The smallest absolute Gasteiger partial charge is 0.166 e. The van der Waals surface area contributed by atoms with Crippen molar-refractivity contribution in [1.82, 2.24) is 0 Å². The predicted molar refractivity (Wildman–Crippen MR) is 56.7 cm³/mol. The van der Waals surface area contributed by atoms with E-state index in [2.05, 4.69) is 27.8 Å². The Hall–Kier alpha value is -0.660. The summed E-state index contributed by atoms with van der Waals surface area (Å²) in [4.78, 5) is 0. The summed E-state index contributed by atoms with van der Waals surface area (Å²) in [6.07, 6.45) is -4.38. The number of halogens is 5. The molecule has 0 aromatic heterocycles. The highest BCUT2D eigenvalue weighted by atomic mass is 79.9. The minimum Gasteiger partial charge on any atom is -0.166 e. The molecular weight excluding hydrogens is 292 g/mol. The van der Waals surface area contributed by atoms with E-state index in [-0.39, 0.29) is 10.4 Å². The van der Waals surface area contributed by atoms with Gasteiger partial charge >= 0.3 is 6.18 Å². The predicted octanol–water partition coefficient (Wildman–Crippen LogP) is 4.06. The van der Waals surface area contributed by atoms with Gasteiger partial charge in [-0.2, -0.15) is 13.2 Å². The SMILES string of the molecule is FC(F)(F)c1cc(C#CCCl)ccc1Br. The molecule has 0 saturated carbocycles. The summed E-state index contributed by atoms with van der Waals surface area (Å²) >= 11 is 8.15. The van der Waals surface area contributed by atoms with E-state index in [4.69, 9.17) is 11.6 Å². The molecule has 0 heterocycles. The van der Waals surface area contributed by atoms with Crippen molar-refractivity contribution in [1.29, 1.82) is 0 Å². The molecule has 0 atom stereocenters. The first-order chi connectivity index (χ1) is 6.95. The highest BCUT2D eigenvalue weighted by molar-refractivity contribution is 9.10. The molecule has 15 heavy (non-hydrogen) atoms. The molecule has 0 radical (unpaired) electrons. The third kappa shape index (κ3) is 3.44. The molecule has 0 amide bonds. The van der Waals surface area contributed by atoms with E-state index >= 15 is 0 Å². The number of alkyl halides is 4. The molecule has 0 aliphatic carbocycles. The van der Waals surface area contributed by atoms with E-state index in [0.29, 0.717) is 5.56 Å². The van der Waals surface area contributed by atoms with Gasteiger partial charge in [0.05, 0.1) is 11.4 Å². The van der Waals surface area contributed by atoms with Crippen molar-refractivity contribution in [3.63, 3.8) is 0 Å². The fourth-order valence-electron chi connectivity index (χ4n) is 0.956. The summed E-state index contributed by atoms with van der Waals surface area (Å²) in [5, 5.41) is 0. The van der Waals surface area contributed by atoms with E-state index in [1.807, 2.05) is 0 Å². The zero-order valence-corrected chi connectivity index (χ0v) is 9.67. The van der Waals surface area contributed by atoms with Gasteiger partial charge in [-0.3, -0.25) is 0 Å². The van der Waals surface area contributed by atoms with E-state index in [9.17, 15) is 13.2 Å². The number of hydrogen-bond donors (Lipinski definition) is 0. The third-order valence-corrected chi connectivity index (χ3v) is 2.40. The van der Waals surface area contributed by atoms with Crippen molar-refractivity contribution in [2.75, 3.05) is 5.88 Å². The molecule has 0 saturated heterocycles. The van der Waals surface area contributed by atoms with Gasteiger partial charge in [0, 0.05) is 10.0 Å². The second kappa shape index (κ2) is 4.91. The van der Waals surface area contributed by atoms with Crippen molar-refractivity contribution in [3.8, 4) is 11.8 Å². The van der Waals surface area contributed by atoms with Crippen molar-refractivity contribution in [3.05, 3.63) is 33.8 Å². The maximum Gasteiger partial charge on any atom is 0.417 e. The van der Waals surface area contributed by atoms with E-state index in [0.717, 1.165) is 6.07 Å². The fourth-order valence-corrected chi connectivity index (χ4v) is 1.49. The molecule has 5 heteroatoms. The average molecular weight is 298 g/mol. The molecule has 1 rings (SSSR count). The van der Waals surface area contributed by atoms with Crippen LogP contribution < -0.4 is 0 Å². The van der Waals surface area contributed by atoms with Crippen molar-refractivity contribution in [2.24, 2.45) is 0 Å². The largest absolute Gasteiger partial charge is 0.417 e. The Morgan fingerprint density at radius 3 is 2.53 bits per heavy atom. The molecule has 0 N–H and O–H groups in total. The Morgan fingerprint density at radius 1 is 1.33 bits per heavy atom. The molecular formula is C10H5BrClF3. The summed E-state index contributed by atoms with van der Waals surface area (Å²) in [5.41, 5.74) is -0.435. The summed E-state index contributed by atoms with van der Waals surface area (Å²) in [7, 11) is 0. The minimum atomic E-state index is -4.38. The van der Waals surface area contributed by atoms with Crippen molar-refractivity contribution >= 4 is 27.5 Å². The normalized spacial score (nSPS) is 10.7. The van der Waals surface area contributed by atoms with Crippen molar-refractivity contribution < 1.29 is 13.2 Å². The zero-order chi connectivity index (χ0) is 11.5. The number of hydrogen-bond acceptors (Lipinski definition) is 0. The summed E-state index contributed by atoms with van der Waals surface area (Å²) in [6, 6.07) is 3.81. The van der Waals surface area contributed by atoms with Crippen LogP contribution >= 0.6 is 27.5 Å². The summed E-state index contributed by atoms with van der Waals surface area (Å²) in [6.45, 7) is 0. The maximum absolute atomic E-state index is 12.4. The maximum atomic E-state index is 12.4. The van der Waals surface area contributed by atoms with Crippen LogP contribution in [0.1, 0.15) is 11.1 Å². The lowest BCUT2D eigenvalue weighted by atomic mass is 10.1. The molecule has 0 spiro atoms. The molecule has 1 aromatic carbocycles. The topological polar surface area (TPSA) is 0 Å². The molecule has 1 aromatic rings. The summed E-state index contributed by atoms with van der Waals surface area (Å²) < 4.78 is 37.3. The molecule has 0 fully saturated rings. The Labute approximate surface area is 98.6 Å². The van der Waals surface area contributed by atoms with Gasteiger partial charge in [-0.15, -0.1) is 11.6 Å². The first kappa shape index (κ1) is 12.4. The lowest BCUT2D eigenvalue weighted by molar-refractivity contribution is -0.138. The van der Waals surface area contributed by atoms with Crippen LogP contribution in [-0.2, 0) is 6.18 Å². The third-order valence-electron chi connectivity index (χ3n) is 1.57. The molecule has 0 unspecified atom stereocenters. The first-order valence-electron chi connectivity index (χ1n) is 3.86. The van der Waals surface area contributed by atoms with Crippen LogP contribution in [0.5, 0.6) is 0 Å². The Kier molecular flexibility index (Phi) is 4.06. The Balaban J connectivity index is 3.17. The lowest BCUT2D eigenvalue weighted by Gasteiger charge is -2.08. The van der Waals surface area contributed by atoms with E-state index in [1.54, 1.807) is 0 Å². The zero-order valence-electron chi connectivity index (χ0n) is 7.33. The summed E-state index contributed by atoms with van der Waals surface area (Å²) in [5.74, 6) is 5.12. The van der Waals surface area contributed by atoms with Gasteiger partial charge in [-0.25, -0.2) is 0 Å². The molecule has 80 valence electrons. The van der Waals surface area contributed by atoms with E-state index in [1.165, 1.54) is 12.1 Å². The quantitative estimate of drug-likeness (QED) is 0.500. The Morgan fingerprint density at radius 2 is 2.00 bits per heavy atom. The van der Waals surface area contributed by atoms with E-state index < -0.39 is 11.7 Å². The van der Waals surface area contributed by atoms with Crippen LogP contribution in [0.25, 0.3) is 0 Å². The van der Waals surface area contributed by atoms with Crippen LogP contribution in [0.4, 0.5) is 13.2 Å². The monoisotopic (exact) mass is 296 g/mol. The van der Waals surface area contributed by atoms with Crippen LogP contribution in [0, 0.1) is 11.8 Å². The van der Waals surface area contributed by atoms with Crippen molar-refractivity contribution in [2.45, 2.75) is 6.18 Å². The standard InChI is InChI=1S/C10H5BrClF3/c11-9-4-3-7(2-1-5-12)6-8(9)10(13,14)15/h3-4,6H,5H2. The van der Waals surface area contributed by atoms with Gasteiger partial charge in [-0.1, -0.05) is 27.8 Å². The number of benzene rings is 1. The fraction of sp³-hybridized carbons (Fsp3) is 0.200. The van der Waals surface area contributed by atoms with Gasteiger partial charge in [0.25, 0.3) is 0 Å². The highest BCUT2D eigenvalue weighted by Gasteiger charge is 2.32. The Bertz CT molecular complexity index is 415. The number of rotatable bonds is 0. The van der Waals surface area contributed by atoms with Gasteiger partial charge in [0.1, 0.15) is 0 Å². The van der Waals surface area contributed by atoms with Gasteiger partial charge in [-0.05, 0) is 18.2 Å². The minimum absolute atomic E-state index is 0.00595. The second-order valence-corrected chi connectivity index (χ2v) is 3.75. The van der Waals surface area contributed by atoms with Crippen LogP contribution in [0.15, 0.2) is 22.7 Å². The van der Waals surface area contributed by atoms with Gasteiger partial charge < -0.3 is 0 Å². The second-order valence-electron chi connectivity index (χ2n) is 2.63. The molecule has 0 bridgehead atoms. The van der Waals surface area contributed by atoms with Crippen LogP contribution in [0.2, 0.25) is 0 Å². The van der Waals surface area contributed by atoms with Gasteiger partial charge in [0.15, 0.2) is 0 Å². The highest BCUT2D eigenvalue weighted by Crippen LogP contribution is 2.35. The first-order valence-corrected chi connectivity index (χ1v) is 5.19. The van der Waals surface area contributed by atoms with Crippen LogP contribution in [-0.4, -0.2) is 5.88 Å². The molecule has 0 aliphatic rings. The van der Waals surface area contributed by atoms with Crippen LogP contribution in [0.3, 0.4) is 0 Å². The molecule has 0 aliphatic heterocycles. The molecule has 0 nitrogen and oxygen atoms in total.